The summed E-state index contributed by atoms with van der Waals surface area (Å²) in [6.07, 6.45) is 3.73. The van der Waals surface area contributed by atoms with Crippen LogP contribution in [0.4, 0.5) is 0 Å². The van der Waals surface area contributed by atoms with E-state index in [1.54, 1.807) is 0 Å². The Morgan fingerprint density at radius 1 is 1.24 bits per heavy atom. The minimum Gasteiger partial charge on any atom is -0.480 e. The zero-order valence-electron chi connectivity index (χ0n) is 12.5. The molecular weight excluding hydrogens is 274 g/mol. The summed E-state index contributed by atoms with van der Waals surface area (Å²) in [6, 6.07) is -0.778. The highest BCUT2D eigenvalue weighted by Crippen LogP contribution is 2.08. The number of nitrogens with two attached hydrogens (primary N) is 2. The van der Waals surface area contributed by atoms with Gasteiger partial charge in [0.15, 0.2) is 5.96 Å². The first kappa shape index (κ1) is 19.0. The first-order valence-corrected chi connectivity index (χ1v) is 7.06. The van der Waals surface area contributed by atoms with Gasteiger partial charge in [0, 0.05) is 13.1 Å². The molecule has 0 aliphatic rings. The van der Waals surface area contributed by atoms with Gasteiger partial charge in [-0.25, -0.2) is 5.01 Å². The molecule has 0 rings (SSSR count). The number of carboxylic acid groups (broad SMARTS) is 1. The molecule has 1 atom stereocenters. The SMILES string of the molecule is CCCCCN(NC(=N)N)C(CCCNC(=N)N)C(=O)O. The lowest BCUT2D eigenvalue weighted by molar-refractivity contribution is -0.144. The van der Waals surface area contributed by atoms with Crippen LogP contribution in [-0.2, 0) is 4.79 Å². The van der Waals surface area contributed by atoms with Crippen molar-refractivity contribution < 1.29 is 9.90 Å². The number of aliphatic carboxylic acids is 1. The zero-order chi connectivity index (χ0) is 16.3. The summed E-state index contributed by atoms with van der Waals surface area (Å²) in [5, 5.41) is 27.8. The second kappa shape index (κ2) is 10.7. The number of hydrogen-bond acceptors (Lipinski definition) is 4. The topological polar surface area (TPSA) is 164 Å². The molecule has 0 radical (unpaired) electrons. The number of hydrazine groups is 1. The van der Waals surface area contributed by atoms with E-state index in [4.69, 9.17) is 22.3 Å². The minimum absolute atomic E-state index is 0.136. The molecular formula is C12H27N7O2. The Kier molecular flexibility index (Phi) is 9.69. The fourth-order valence-electron chi connectivity index (χ4n) is 1.91. The van der Waals surface area contributed by atoms with Crippen molar-refractivity contribution in [1.82, 2.24) is 15.8 Å². The van der Waals surface area contributed by atoms with Gasteiger partial charge in [-0.15, -0.1) is 0 Å². The largest absolute Gasteiger partial charge is 0.480 e. The highest BCUT2D eigenvalue weighted by molar-refractivity contribution is 5.76. The molecule has 9 heteroatoms. The molecule has 0 bridgehead atoms. The van der Waals surface area contributed by atoms with Gasteiger partial charge in [-0.05, 0) is 19.3 Å². The number of carboxylic acids is 1. The summed E-state index contributed by atoms with van der Waals surface area (Å²) in [5.41, 5.74) is 13.1. The van der Waals surface area contributed by atoms with Gasteiger partial charge in [-0.2, -0.15) is 0 Å². The van der Waals surface area contributed by atoms with Crippen LogP contribution in [0.25, 0.3) is 0 Å². The molecule has 0 aromatic heterocycles. The Bertz CT molecular complexity index is 348. The number of nitrogens with zero attached hydrogens (tertiary/aromatic N) is 1. The Labute approximate surface area is 125 Å². The van der Waals surface area contributed by atoms with Crippen LogP contribution >= 0.6 is 0 Å². The van der Waals surface area contributed by atoms with Crippen molar-refractivity contribution in [2.75, 3.05) is 13.1 Å². The van der Waals surface area contributed by atoms with Gasteiger partial charge in [-0.1, -0.05) is 19.8 Å². The third kappa shape index (κ3) is 9.50. The van der Waals surface area contributed by atoms with Gasteiger partial charge in [0.05, 0.1) is 0 Å². The van der Waals surface area contributed by atoms with Crippen molar-refractivity contribution in [1.29, 1.82) is 10.8 Å². The van der Waals surface area contributed by atoms with Gasteiger partial charge in [0.1, 0.15) is 6.04 Å². The lowest BCUT2D eigenvalue weighted by Gasteiger charge is -2.29. The summed E-state index contributed by atoms with van der Waals surface area (Å²) in [6.45, 7) is 3.00. The van der Waals surface area contributed by atoms with Crippen molar-refractivity contribution in [2.24, 2.45) is 11.5 Å². The average Bonchev–Trinajstić information content (AvgIpc) is 2.36. The molecule has 0 aliphatic carbocycles. The molecule has 9 nitrogen and oxygen atoms in total. The van der Waals surface area contributed by atoms with Gasteiger partial charge < -0.3 is 21.9 Å². The number of carbonyl (C=O) groups is 1. The lowest BCUT2D eigenvalue weighted by atomic mass is 10.1. The molecule has 0 aliphatic heterocycles. The summed E-state index contributed by atoms with van der Waals surface area (Å²) in [7, 11) is 0. The van der Waals surface area contributed by atoms with E-state index in [0.29, 0.717) is 25.9 Å². The van der Waals surface area contributed by atoms with Crippen molar-refractivity contribution in [2.45, 2.75) is 45.1 Å². The van der Waals surface area contributed by atoms with E-state index in [1.807, 2.05) is 0 Å². The van der Waals surface area contributed by atoms with Crippen LogP contribution in [0.3, 0.4) is 0 Å². The Balaban J connectivity index is 4.51. The monoisotopic (exact) mass is 301 g/mol. The quantitative estimate of drug-likeness (QED) is 0.118. The second-order valence-electron chi connectivity index (χ2n) is 4.76. The van der Waals surface area contributed by atoms with E-state index in [2.05, 4.69) is 17.7 Å². The van der Waals surface area contributed by atoms with Crippen molar-refractivity contribution in [3.8, 4) is 0 Å². The highest BCUT2D eigenvalue weighted by Gasteiger charge is 2.25. The maximum absolute atomic E-state index is 11.4. The van der Waals surface area contributed by atoms with Gasteiger partial charge in [0.2, 0.25) is 5.96 Å². The van der Waals surface area contributed by atoms with Crippen molar-refractivity contribution >= 4 is 17.9 Å². The predicted molar refractivity (Wildman–Crippen MR) is 81.9 cm³/mol. The fraction of sp³-hybridized carbons (Fsp3) is 0.750. The number of guanidine groups is 2. The summed E-state index contributed by atoms with van der Waals surface area (Å²) in [5.74, 6) is -1.38. The van der Waals surface area contributed by atoms with Crippen LogP contribution in [0.15, 0.2) is 0 Å². The van der Waals surface area contributed by atoms with Gasteiger partial charge in [0.25, 0.3) is 0 Å². The summed E-state index contributed by atoms with van der Waals surface area (Å²) in [4.78, 5) is 11.4. The molecule has 21 heavy (non-hydrogen) atoms. The number of hydrogen-bond donors (Lipinski definition) is 7. The Morgan fingerprint density at radius 2 is 1.90 bits per heavy atom. The average molecular weight is 301 g/mol. The Morgan fingerprint density at radius 3 is 2.38 bits per heavy atom. The van der Waals surface area contributed by atoms with Crippen LogP contribution in [0, 0.1) is 10.8 Å². The van der Waals surface area contributed by atoms with Crippen LogP contribution in [-0.4, -0.2) is 47.1 Å². The highest BCUT2D eigenvalue weighted by atomic mass is 16.4. The molecule has 0 amide bonds. The maximum Gasteiger partial charge on any atom is 0.322 e. The maximum atomic E-state index is 11.4. The van der Waals surface area contributed by atoms with Crippen molar-refractivity contribution in [3.63, 3.8) is 0 Å². The molecule has 0 fully saturated rings. The number of unbranched alkanes of at least 4 members (excludes halogenated alkanes) is 2. The van der Waals surface area contributed by atoms with Crippen LogP contribution in [0.5, 0.6) is 0 Å². The molecule has 1 unspecified atom stereocenters. The summed E-state index contributed by atoms with van der Waals surface area (Å²) >= 11 is 0. The molecule has 0 heterocycles. The van der Waals surface area contributed by atoms with Crippen LogP contribution in [0.1, 0.15) is 39.0 Å². The molecule has 0 saturated carbocycles. The number of rotatable bonds is 11. The van der Waals surface area contributed by atoms with E-state index in [-0.39, 0.29) is 11.9 Å². The predicted octanol–water partition coefficient (Wildman–Crippen LogP) is -0.407. The molecule has 9 N–H and O–H groups in total. The van der Waals surface area contributed by atoms with E-state index in [0.717, 1.165) is 19.3 Å². The van der Waals surface area contributed by atoms with Crippen LogP contribution in [0.2, 0.25) is 0 Å². The van der Waals surface area contributed by atoms with Gasteiger partial charge in [-0.3, -0.25) is 21.0 Å². The third-order valence-electron chi connectivity index (χ3n) is 2.90. The third-order valence-corrected chi connectivity index (χ3v) is 2.90. The van der Waals surface area contributed by atoms with E-state index >= 15 is 0 Å². The fourth-order valence-corrected chi connectivity index (χ4v) is 1.91. The van der Waals surface area contributed by atoms with E-state index < -0.39 is 12.0 Å². The normalized spacial score (nSPS) is 11.9. The van der Waals surface area contributed by atoms with Gasteiger partial charge >= 0.3 is 5.97 Å². The van der Waals surface area contributed by atoms with E-state index in [1.165, 1.54) is 5.01 Å². The Hall–Kier alpha value is -2.03. The second-order valence-corrected chi connectivity index (χ2v) is 4.76. The lowest BCUT2D eigenvalue weighted by Crippen LogP contribution is -2.54. The number of nitrogens with one attached hydrogen (secondary N) is 4. The smallest absolute Gasteiger partial charge is 0.322 e. The molecule has 0 spiro atoms. The first-order chi connectivity index (χ1) is 9.88. The molecule has 0 saturated heterocycles. The summed E-state index contributed by atoms with van der Waals surface area (Å²) < 4.78 is 0. The minimum atomic E-state index is -0.969. The standard InChI is InChI=1S/C12H27N7O2/c1-2-3-4-8-19(18-12(15)16)9(10(20)21)6-5-7-17-11(13)14/h9H,2-8H2,1H3,(H,20,21)(H4,13,14,17)(H4,15,16,18). The van der Waals surface area contributed by atoms with Crippen LogP contribution < -0.4 is 22.2 Å². The molecule has 0 aromatic rings. The van der Waals surface area contributed by atoms with E-state index in [9.17, 15) is 9.90 Å². The molecule has 0 aromatic carbocycles. The van der Waals surface area contributed by atoms with Crippen molar-refractivity contribution in [3.05, 3.63) is 0 Å². The molecule has 122 valence electrons. The zero-order valence-corrected chi connectivity index (χ0v) is 12.5. The first-order valence-electron chi connectivity index (χ1n) is 7.06.